The van der Waals surface area contributed by atoms with Crippen LogP contribution < -0.4 is 4.74 Å². The molecule has 4 bridgehead atoms. The summed E-state index contributed by atoms with van der Waals surface area (Å²) in [5, 5.41) is 20.7. The lowest BCUT2D eigenvalue weighted by Gasteiger charge is -2.73. The molecule has 1 aromatic carbocycles. The molecule has 4 fully saturated rings. The number of likely N-dealkylation sites (tertiary alicyclic amines) is 1. The van der Waals surface area contributed by atoms with Crippen molar-refractivity contribution in [3.63, 3.8) is 0 Å². The summed E-state index contributed by atoms with van der Waals surface area (Å²) in [6, 6.07) is 4.60. The summed E-state index contributed by atoms with van der Waals surface area (Å²) in [5.74, 6) is 0.907. The van der Waals surface area contributed by atoms with Gasteiger partial charge >= 0.3 is 0 Å². The van der Waals surface area contributed by atoms with Crippen LogP contribution in [0.25, 0.3) is 0 Å². The van der Waals surface area contributed by atoms with Crippen LogP contribution in [0.3, 0.4) is 0 Å². The zero-order chi connectivity index (χ0) is 19.5. The number of fused-ring (bicyclic) bond motifs is 2. The molecule has 0 aromatic heterocycles. The molecule has 2 heterocycles. The molecule has 1 aromatic rings. The fourth-order valence-electron chi connectivity index (χ4n) is 8.49. The molecule has 2 spiro atoms. The second kappa shape index (κ2) is 5.18. The van der Waals surface area contributed by atoms with Gasteiger partial charge < -0.3 is 19.8 Å². The van der Waals surface area contributed by atoms with Gasteiger partial charge in [0.05, 0.1) is 13.2 Å². The number of hydrogen-bond donors (Lipinski definition) is 2. The molecule has 6 aliphatic rings. The minimum absolute atomic E-state index is 0.00195. The zero-order valence-corrected chi connectivity index (χ0v) is 16.7. The van der Waals surface area contributed by atoms with Gasteiger partial charge in [-0.2, -0.15) is 0 Å². The number of carbonyl (C=O) groups excluding carboxylic acids is 1. The summed E-state index contributed by atoms with van der Waals surface area (Å²) in [5.41, 5.74) is 2.89. The first-order valence-corrected chi connectivity index (χ1v) is 10.7. The van der Waals surface area contributed by atoms with E-state index in [1.165, 1.54) is 11.1 Å². The molecule has 4 aliphatic carbocycles. The number of likely N-dealkylation sites (N-methyl/N-ethyl adjacent to an activating group) is 1. The van der Waals surface area contributed by atoms with Gasteiger partial charge in [-0.15, -0.1) is 0 Å². The number of carbonyl (C=O) groups is 1. The zero-order valence-electron chi connectivity index (χ0n) is 16.7. The number of ketones is 1. The summed E-state index contributed by atoms with van der Waals surface area (Å²) < 4.78 is 6.75. The second-order valence-electron chi connectivity index (χ2n) is 10.1. The van der Waals surface area contributed by atoms with Gasteiger partial charge in [-0.25, -0.2) is 0 Å². The quantitative estimate of drug-likeness (QED) is 0.833. The van der Waals surface area contributed by atoms with Crippen molar-refractivity contribution in [1.29, 1.82) is 0 Å². The standard InChI is InChI=1S/C23H29NO4/c1-13(27)16-10-22-6-5-21(16,12-26)20-23(22)7-8-24(2)17(22)9-14-3-4-15(11-25)19(28-20)18(14)23/h3-4,16-17,20,25-26H,5-12H2,1-2H3/t16-,17-,20+,21-,22-,23+/m1/s1. The summed E-state index contributed by atoms with van der Waals surface area (Å²) in [7, 11) is 2.23. The van der Waals surface area contributed by atoms with E-state index in [4.69, 9.17) is 4.74 Å². The predicted molar refractivity (Wildman–Crippen MR) is 103 cm³/mol. The number of rotatable bonds is 3. The number of nitrogens with zero attached hydrogens (tertiary/aromatic N) is 1. The van der Waals surface area contributed by atoms with E-state index in [1.54, 1.807) is 6.92 Å². The normalized spacial score (nSPS) is 44.9. The molecule has 0 radical (unpaired) electrons. The van der Waals surface area contributed by atoms with Gasteiger partial charge in [-0.05, 0) is 58.2 Å². The van der Waals surface area contributed by atoms with E-state index in [-0.39, 0.29) is 41.8 Å². The van der Waals surface area contributed by atoms with E-state index >= 15 is 0 Å². The molecule has 3 saturated carbocycles. The van der Waals surface area contributed by atoms with Crippen LogP contribution in [0.15, 0.2) is 12.1 Å². The van der Waals surface area contributed by atoms with Crippen LogP contribution in [0.5, 0.6) is 5.75 Å². The number of aliphatic hydroxyl groups excluding tert-OH is 2. The molecular weight excluding hydrogens is 354 g/mol. The molecule has 7 rings (SSSR count). The first-order chi connectivity index (χ1) is 13.4. The Balaban J connectivity index is 1.69. The average molecular weight is 383 g/mol. The SMILES string of the molecule is CC(=O)[C@H]1C[C@@]23CC[C@]1(CO)[C@@H]1Oc4c(CO)ccc5c4[C@@]12CCN(C)[C@@H]3C5. The van der Waals surface area contributed by atoms with Crippen LogP contribution in [-0.2, 0) is 23.2 Å². The van der Waals surface area contributed by atoms with E-state index in [9.17, 15) is 15.0 Å². The first kappa shape index (κ1) is 17.4. The molecule has 2 aliphatic heterocycles. The van der Waals surface area contributed by atoms with Crippen LogP contribution in [0.2, 0.25) is 0 Å². The van der Waals surface area contributed by atoms with Crippen LogP contribution in [0.1, 0.15) is 49.3 Å². The highest BCUT2D eigenvalue weighted by molar-refractivity contribution is 5.81. The number of piperidine rings is 1. The first-order valence-electron chi connectivity index (χ1n) is 10.7. The Morgan fingerprint density at radius 2 is 2.11 bits per heavy atom. The molecular formula is C23H29NO4. The van der Waals surface area contributed by atoms with Crippen molar-refractivity contribution in [1.82, 2.24) is 4.90 Å². The maximum absolute atomic E-state index is 12.8. The monoisotopic (exact) mass is 383 g/mol. The van der Waals surface area contributed by atoms with E-state index in [0.717, 1.165) is 50.0 Å². The van der Waals surface area contributed by atoms with Gasteiger partial charge in [0.2, 0.25) is 0 Å². The smallest absolute Gasteiger partial charge is 0.133 e. The van der Waals surface area contributed by atoms with E-state index in [2.05, 4.69) is 18.0 Å². The highest BCUT2D eigenvalue weighted by Gasteiger charge is 2.80. The highest BCUT2D eigenvalue weighted by Crippen LogP contribution is 2.77. The van der Waals surface area contributed by atoms with Crippen molar-refractivity contribution in [3.8, 4) is 5.75 Å². The van der Waals surface area contributed by atoms with Crippen LogP contribution in [-0.4, -0.2) is 53.2 Å². The van der Waals surface area contributed by atoms with Crippen molar-refractivity contribution in [3.05, 3.63) is 28.8 Å². The molecule has 6 atom stereocenters. The van der Waals surface area contributed by atoms with E-state index < -0.39 is 5.41 Å². The summed E-state index contributed by atoms with van der Waals surface area (Å²) in [6.45, 7) is 2.67. The van der Waals surface area contributed by atoms with Gasteiger partial charge in [0.1, 0.15) is 17.6 Å². The fourth-order valence-corrected chi connectivity index (χ4v) is 8.49. The van der Waals surface area contributed by atoms with Gasteiger partial charge in [0, 0.05) is 39.3 Å². The van der Waals surface area contributed by atoms with Gasteiger partial charge in [-0.1, -0.05) is 12.1 Å². The predicted octanol–water partition coefficient (Wildman–Crippen LogP) is 1.81. The van der Waals surface area contributed by atoms with Crippen molar-refractivity contribution in [2.45, 2.75) is 63.2 Å². The number of aliphatic hydroxyl groups is 2. The Kier molecular flexibility index (Phi) is 3.23. The van der Waals surface area contributed by atoms with Crippen molar-refractivity contribution < 1.29 is 19.7 Å². The third-order valence-corrected chi connectivity index (χ3v) is 9.56. The number of benzene rings is 1. The Morgan fingerprint density at radius 1 is 1.29 bits per heavy atom. The lowest BCUT2D eigenvalue weighted by molar-refractivity contribution is -0.242. The van der Waals surface area contributed by atoms with Gasteiger partial charge in [0.15, 0.2) is 0 Å². The second-order valence-corrected chi connectivity index (χ2v) is 10.1. The molecule has 150 valence electrons. The van der Waals surface area contributed by atoms with Crippen molar-refractivity contribution >= 4 is 5.78 Å². The lowest BCUT2D eigenvalue weighted by Crippen LogP contribution is -2.79. The molecule has 5 heteroatoms. The van der Waals surface area contributed by atoms with E-state index in [0.29, 0.717) is 6.04 Å². The van der Waals surface area contributed by atoms with Crippen molar-refractivity contribution in [2.24, 2.45) is 16.7 Å². The van der Waals surface area contributed by atoms with Crippen molar-refractivity contribution in [2.75, 3.05) is 20.2 Å². The minimum atomic E-state index is -0.506. The lowest BCUT2D eigenvalue weighted by atomic mass is 9.32. The number of Topliss-reactive ketones (excluding diaryl/α,β-unsaturated/α-hetero) is 1. The Hall–Kier alpha value is -1.43. The summed E-state index contributed by atoms with van der Waals surface area (Å²) in [4.78, 5) is 15.3. The van der Waals surface area contributed by atoms with Gasteiger partial charge in [-0.3, -0.25) is 4.79 Å². The van der Waals surface area contributed by atoms with Crippen LogP contribution in [0, 0.1) is 16.7 Å². The summed E-state index contributed by atoms with van der Waals surface area (Å²) >= 11 is 0. The fraction of sp³-hybridized carbons (Fsp3) is 0.696. The van der Waals surface area contributed by atoms with Crippen LogP contribution in [0.4, 0.5) is 0 Å². The Morgan fingerprint density at radius 3 is 2.82 bits per heavy atom. The minimum Gasteiger partial charge on any atom is -0.488 e. The summed E-state index contributed by atoms with van der Waals surface area (Å²) in [6.07, 6.45) is 4.58. The third-order valence-electron chi connectivity index (χ3n) is 9.56. The molecule has 28 heavy (non-hydrogen) atoms. The van der Waals surface area contributed by atoms with E-state index in [1.807, 2.05) is 6.07 Å². The Bertz CT molecular complexity index is 899. The maximum Gasteiger partial charge on any atom is 0.133 e. The molecule has 0 unspecified atom stereocenters. The number of hydrogen-bond acceptors (Lipinski definition) is 5. The molecule has 1 saturated heterocycles. The molecule has 5 nitrogen and oxygen atoms in total. The Labute approximate surface area is 165 Å². The van der Waals surface area contributed by atoms with Crippen LogP contribution >= 0.6 is 0 Å². The third kappa shape index (κ3) is 1.56. The number of ether oxygens (including phenoxy) is 1. The van der Waals surface area contributed by atoms with Gasteiger partial charge in [0.25, 0.3) is 0 Å². The largest absolute Gasteiger partial charge is 0.488 e. The molecule has 0 amide bonds. The average Bonchev–Trinajstić information content (AvgIpc) is 3.07. The highest BCUT2D eigenvalue weighted by atomic mass is 16.5. The topological polar surface area (TPSA) is 70.0 Å². The maximum atomic E-state index is 12.8. The molecule has 2 N–H and O–H groups in total.